The van der Waals surface area contributed by atoms with E-state index in [1.807, 2.05) is 28.1 Å². The van der Waals surface area contributed by atoms with Crippen LogP contribution >= 0.6 is 7.60 Å². The van der Waals surface area contributed by atoms with Crippen LogP contribution in [0.25, 0.3) is 0 Å². The Morgan fingerprint density at radius 1 is 0.767 bits per heavy atom. The van der Waals surface area contributed by atoms with Gasteiger partial charge >= 0.3 is 7.60 Å². The number of allylic oxidation sites excluding steroid dienone is 2. The van der Waals surface area contributed by atoms with Crippen molar-refractivity contribution < 1.29 is 18.5 Å². The average Bonchev–Trinajstić information content (AvgIpc) is 2.66. The van der Waals surface area contributed by atoms with Gasteiger partial charge in [-0.1, -0.05) is 90.2 Å². The third-order valence-corrected chi connectivity index (χ3v) is 8.18. The molecule has 0 radical (unpaired) electrons. The summed E-state index contributed by atoms with van der Waals surface area (Å²) in [6.45, 7) is 4.62. The normalized spacial score (nSPS) is 15.5. The average molecular weight is 447 g/mol. The minimum absolute atomic E-state index is 0.349. The molecule has 0 saturated carbocycles. The molecular weight excluding hydrogens is 393 g/mol. The molecule has 30 heavy (non-hydrogen) atoms. The summed E-state index contributed by atoms with van der Waals surface area (Å²) in [7, 11) is 2.30. The van der Waals surface area contributed by atoms with E-state index >= 15 is 0 Å². The van der Waals surface area contributed by atoms with Crippen LogP contribution in [0.15, 0.2) is 12.2 Å². The molecule has 0 aliphatic rings. The lowest BCUT2D eigenvalue weighted by atomic mass is 10.1. The Hall–Kier alpha value is -0.150. The summed E-state index contributed by atoms with van der Waals surface area (Å²) < 4.78 is 18.4. The summed E-state index contributed by atoms with van der Waals surface area (Å²) in [5.41, 5.74) is 0. The topological polar surface area (TPSA) is 46.5 Å². The smallest absolute Gasteiger partial charge is 0.320 e. The van der Waals surface area contributed by atoms with Gasteiger partial charge in [0.2, 0.25) is 0 Å². The molecule has 0 aliphatic carbocycles. The van der Waals surface area contributed by atoms with Crippen molar-refractivity contribution in [1.29, 1.82) is 0 Å². The Balaban J connectivity index is 3.49. The van der Waals surface area contributed by atoms with Gasteiger partial charge in [0, 0.05) is 6.42 Å². The van der Waals surface area contributed by atoms with Gasteiger partial charge in [0.1, 0.15) is 0 Å². The first-order valence-corrected chi connectivity index (χ1v) is 14.3. The van der Waals surface area contributed by atoms with Crippen molar-refractivity contribution in [2.24, 2.45) is 0 Å². The Kier molecular flexibility index (Phi) is 18.3. The maximum absolute atomic E-state index is 12.5. The summed E-state index contributed by atoms with van der Waals surface area (Å²) in [4.78, 5) is 10.3. The molecule has 0 aromatic rings. The van der Waals surface area contributed by atoms with Crippen LogP contribution < -0.4 is 0 Å². The molecular formula is C25H53NO3P+. The Morgan fingerprint density at radius 3 is 1.63 bits per heavy atom. The number of hydrogen-bond acceptors (Lipinski definition) is 2. The van der Waals surface area contributed by atoms with Crippen LogP contribution in [0.1, 0.15) is 117 Å². The molecule has 5 heteroatoms. The van der Waals surface area contributed by atoms with E-state index in [0.29, 0.717) is 17.5 Å². The van der Waals surface area contributed by atoms with E-state index in [4.69, 9.17) is 4.52 Å². The Morgan fingerprint density at radius 2 is 1.20 bits per heavy atom. The zero-order valence-electron chi connectivity index (χ0n) is 20.9. The van der Waals surface area contributed by atoms with E-state index in [-0.39, 0.29) is 5.78 Å². The number of quaternary nitrogens is 1. The van der Waals surface area contributed by atoms with Crippen LogP contribution in [0.3, 0.4) is 0 Å². The van der Waals surface area contributed by atoms with Gasteiger partial charge in [0.05, 0.1) is 27.7 Å². The largest absolute Gasteiger partial charge is 0.385 e. The zero-order valence-corrected chi connectivity index (χ0v) is 21.8. The van der Waals surface area contributed by atoms with Crippen molar-refractivity contribution in [3.63, 3.8) is 0 Å². The molecule has 2 unspecified atom stereocenters. The lowest BCUT2D eigenvalue weighted by Gasteiger charge is -2.35. The number of rotatable bonds is 21. The van der Waals surface area contributed by atoms with Crippen molar-refractivity contribution in [3.8, 4) is 0 Å². The molecule has 0 aromatic carbocycles. The highest BCUT2D eigenvalue weighted by Gasteiger charge is 2.41. The lowest BCUT2D eigenvalue weighted by molar-refractivity contribution is -0.883. The highest BCUT2D eigenvalue weighted by molar-refractivity contribution is 7.53. The fourth-order valence-electron chi connectivity index (χ4n) is 4.02. The second kappa shape index (κ2) is 18.4. The van der Waals surface area contributed by atoms with Crippen molar-refractivity contribution in [3.05, 3.63) is 12.2 Å². The molecule has 0 rings (SSSR count). The van der Waals surface area contributed by atoms with Crippen molar-refractivity contribution in [2.45, 2.75) is 122 Å². The predicted molar refractivity (Wildman–Crippen MR) is 132 cm³/mol. The summed E-state index contributed by atoms with van der Waals surface area (Å²) in [5, 5.41) is 0. The molecule has 2 atom stereocenters. The van der Waals surface area contributed by atoms with E-state index in [1.165, 1.54) is 83.5 Å². The maximum Gasteiger partial charge on any atom is 0.385 e. The second-order valence-electron chi connectivity index (χ2n) is 9.69. The molecule has 0 aliphatic heterocycles. The third kappa shape index (κ3) is 16.5. The van der Waals surface area contributed by atoms with Crippen molar-refractivity contribution in [1.82, 2.24) is 0 Å². The third-order valence-electron chi connectivity index (χ3n) is 5.82. The van der Waals surface area contributed by atoms with Crippen LogP contribution in [0, 0.1) is 0 Å². The van der Waals surface area contributed by atoms with Crippen LogP contribution in [0.2, 0.25) is 0 Å². The molecule has 0 heterocycles. The van der Waals surface area contributed by atoms with E-state index in [0.717, 1.165) is 12.8 Å². The first kappa shape index (κ1) is 29.9. The SMILES string of the molecule is CCCCCCC/C=C\CCCCCCCCCCOP(=O)(O)C(CC)[N+](C)(C)C. The van der Waals surface area contributed by atoms with Crippen LogP contribution in [-0.2, 0) is 9.09 Å². The number of nitrogens with zero attached hydrogens (tertiary/aromatic N) is 1. The van der Waals surface area contributed by atoms with Gasteiger partial charge in [-0.25, -0.2) is 0 Å². The minimum Gasteiger partial charge on any atom is -0.320 e. The molecule has 0 amide bonds. The fraction of sp³-hybridized carbons (Fsp3) is 0.920. The fourth-order valence-corrected chi connectivity index (χ4v) is 5.92. The highest BCUT2D eigenvalue weighted by atomic mass is 31.2. The van der Waals surface area contributed by atoms with E-state index < -0.39 is 7.60 Å². The van der Waals surface area contributed by atoms with Gasteiger partial charge in [-0.05, 0) is 32.1 Å². The molecule has 180 valence electrons. The number of unbranched alkanes of at least 4 members (excludes halogenated alkanes) is 13. The Labute approximate surface area is 188 Å². The van der Waals surface area contributed by atoms with Crippen LogP contribution in [0.4, 0.5) is 0 Å². The van der Waals surface area contributed by atoms with Gasteiger partial charge in [-0.3, -0.25) is 4.57 Å². The van der Waals surface area contributed by atoms with E-state index in [1.54, 1.807) is 0 Å². The predicted octanol–water partition coefficient (Wildman–Crippen LogP) is 8.06. The number of hydrogen-bond donors (Lipinski definition) is 1. The first-order valence-electron chi connectivity index (χ1n) is 12.7. The van der Waals surface area contributed by atoms with Gasteiger partial charge in [-0.2, -0.15) is 0 Å². The summed E-state index contributed by atoms with van der Waals surface area (Å²) >= 11 is 0. The summed E-state index contributed by atoms with van der Waals surface area (Å²) in [5.74, 6) is -0.349. The molecule has 0 fully saturated rings. The molecule has 0 saturated heterocycles. The lowest BCUT2D eigenvalue weighted by Crippen LogP contribution is -2.44. The van der Waals surface area contributed by atoms with Gasteiger partial charge in [0.15, 0.2) is 5.78 Å². The van der Waals surface area contributed by atoms with Gasteiger partial charge in [-0.15, -0.1) is 0 Å². The van der Waals surface area contributed by atoms with E-state index in [2.05, 4.69) is 19.1 Å². The molecule has 0 spiro atoms. The van der Waals surface area contributed by atoms with Crippen LogP contribution in [0.5, 0.6) is 0 Å². The summed E-state index contributed by atoms with van der Waals surface area (Å²) in [6.07, 6.45) is 24.5. The first-order chi connectivity index (χ1) is 14.3. The van der Waals surface area contributed by atoms with Gasteiger partial charge < -0.3 is 13.9 Å². The second-order valence-corrected chi connectivity index (χ2v) is 11.7. The quantitative estimate of drug-likeness (QED) is 0.0839. The standard InChI is InChI=1S/C25H52NO3P/c1-6-8-9-10-11-12-13-14-15-16-17-18-19-20-21-22-23-24-29-30(27,28)25(7-2)26(3,4)5/h13-14,25H,6-12,15-24H2,1-5H3/p+1/b14-13-. The monoisotopic (exact) mass is 446 g/mol. The van der Waals surface area contributed by atoms with Gasteiger partial charge in [0.25, 0.3) is 0 Å². The van der Waals surface area contributed by atoms with Crippen LogP contribution in [-0.4, -0.2) is 42.9 Å². The molecule has 1 N–H and O–H groups in total. The summed E-state index contributed by atoms with van der Waals surface area (Å²) in [6, 6.07) is 0. The Bertz CT molecular complexity index is 460. The molecule has 0 aromatic heterocycles. The van der Waals surface area contributed by atoms with E-state index in [9.17, 15) is 9.46 Å². The molecule has 4 nitrogen and oxygen atoms in total. The zero-order chi connectivity index (χ0) is 22.7. The molecule has 0 bridgehead atoms. The highest BCUT2D eigenvalue weighted by Crippen LogP contribution is 2.51. The minimum atomic E-state index is -3.55. The van der Waals surface area contributed by atoms with Crippen molar-refractivity contribution >= 4 is 7.60 Å². The van der Waals surface area contributed by atoms with Crippen molar-refractivity contribution in [2.75, 3.05) is 27.7 Å². The maximum atomic E-state index is 12.5.